The van der Waals surface area contributed by atoms with Crippen LogP contribution in [0.15, 0.2) is 255 Å². The van der Waals surface area contributed by atoms with Crippen molar-refractivity contribution in [3.63, 3.8) is 0 Å². The summed E-state index contributed by atoms with van der Waals surface area (Å²) in [6.07, 6.45) is 3.54. The topological polar surface area (TPSA) is 0 Å². The van der Waals surface area contributed by atoms with E-state index in [1.165, 1.54) is 110 Å². The van der Waals surface area contributed by atoms with Gasteiger partial charge in [-0.2, -0.15) is 27.8 Å². The van der Waals surface area contributed by atoms with Crippen molar-refractivity contribution in [2.45, 2.75) is 69.2 Å². The zero-order valence-electron chi connectivity index (χ0n) is 48.4. The van der Waals surface area contributed by atoms with E-state index < -0.39 is 31.7 Å². The SMILES string of the molecule is C[c-]1[c-](C)[c-](C)[c-](C)[c-]1C.Cc1c(C)c(C)[c-](C)c1C.[Ru+]=[C]=CC=[C]=[Ru+].c1ccc([PH+](C[PH+](c2ccccc2)c2ccccc2)c2ccccc2)cc1.c1ccc([PH+](C[PH+](c2ccccc2)c2ccccc2)c2ccccc2)cc1. The van der Waals surface area contributed by atoms with Crippen molar-refractivity contribution in [3.8, 4) is 0 Å². The summed E-state index contributed by atoms with van der Waals surface area (Å²) < 4.78 is 5.49. The maximum atomic E-state index is 2.74. The fraction of sp³-hybridized carbons (Fsp3) is 0.162. The molecule has 0 amide bonds. The van der Waals surface area contributed by atoms with Gasteiger partial charge in [0.2, 0.25) is 0 Å². The molecular weight excluding hydrogens is 1210 g/mol. The Morgan fingerprint density at radius 3 is 0.550 bits per heavy atom. The van der Waals surface area contributed by atoms with E-state index in [2.05, 4.69) is 356 Å². The molecule has 0 aliphatic heterocycles. The summed E-state index contributed by atoms with van der Waals surface area (Å²) in [5.41, 5.74) is 14.7. The van der Waals surface area contributed by atoms with Gasteiger partial charge in [0, 0.05) is 0 Å². The quantitative estimate of drug-likeness (QED) is 0.0467. The molecule has 10 rings (SSSR count). The van der Waals surface area contributed by atoms with Crippen LogP contribution in [0.1, 0.15) is 55.6 Å². The standard InChI is InChI=1S/2C25H22P2.2C10H15.C4H2.2Ru/c2*1-5-13-22(14-6-1)26(23-15-7-2-8-16-23)21-27(24-17-9-3-10-18-24)25-19-11-4-12-20-25;2*1-6-7(2)9(4)10(5)8(6)3;1-3-4-2;;/h2*1-20H,21H2;2*1-5H3;3-4H;;/q;;-5;-1;;2*+1/p+4. The summed E-state index contributed by atoms with van der Waals surface area (Å²) in [5.74, 6) is 2.49. The Balaban J connectivity index is 0.000000180. The molecule has 0 nitrogen and oxygen atoms in total. The van der Waals surface area contributed by atoms with Crippen LogP contribution < -0.4 is 42.4 Å². The van der Waals surface area contributed by atoms with Crippen molar-refractivity contribution < 1.29 is 35.7 Å². The minimum atomic E-state index is -0.847. The Bertz CT molecular complexity index is 2760. The molecule has 80 heavy (non-hydrogen) atoms. The second-order valence-corrected chi connectivity index (χ2v) is 32.3. The first-order valence-electron chi connectivity index (χ1n) is 27.5. The van der Waals surface area contributed by atoms with Gasteiger partial charge in [-0.05, 0) is 97.1 Å². The average Bonchev–Trinajstić information content (AvgIpc) is 3.80. The second-order valence-electron chi connectivity index (χ2n) is 20.0. The molecule has 0 unspecified atom stereocenters. The van der Waals surface area contributed by atoms with Crippen molar-refractivity contribution in [3.05, 3.63) is 310 Å². The number of hydrogen-bond donors (Lipinski definition) is 0. The zero-order chi connectivity index (χ0) is 57.2. The molecule has 0 saturated heterocycles. The molecule has 0 radical (unpaired) electrons. The third-order valence-electron chi connectivity index (χ3n) is 15.5. The fourth-order valence-corrected chi connectivity index (χ4v) is 25.6. The Hall–Kier alpha value is -5.27. The Morgan fingerprint density at radius 1 is 0.287 bits per heavy atom. The van der Waals surface area contributed by atoms with Gasteiger partial charge < -0.3 is 27.8 Å². The molecule has 0 N–H and O–H groups in total. The predicted octanol–water partition coefficient (Wildman–Crippen LogP) is 15.2. The summed E-state index contributed by atoms with van der Waals surface area (Å²) >= 11 is 4.53. The van der Waals surface area contributed by atoms with Gasteiger partial charge in [-0.3, -0.25) is 0 Å². The van der Waals surface area contributed by atoms with E-state index in [1.807, 2.05) is 0 Å². The van der Waals surface area contributed by atoms with E-state index in [0.29, 0.717) is 0 Å². The molecule has 0 spiro atoms. The van der Waals surface area contributed by atoms with E-state index in [9.17, 15) is 0 Å². The minimum absolute atomic E-state index is 0.847. The third-order valence-corrected chi connectivity index (χ3v) is 30.0. The Labute approximate surface area is 505 Å². The number of rotatable bonds is 13. The third kappa shape index (κ3) is 18.6. The van der Waals surface area contributed by atoms with E-state index in [0.717, 1.165) is 0 Å². The van der Waals surface area contributed by atoms with Crippen molar-refractivity contribution in [1.82, 2.24) is 0 Å². The maximum absolute atomic E-state index is 2.74. The first-order chi connectivity index (χ1) is 38.9. The molecule has 0 atom stereocenters. The van der Waals surface area contributed by atoms with Gasteiger partial charge in [-0.25, -0.2) is 34.6 Å². The normalized spacial score (nSPS) is 10.4. The maximum Gasteiger partial charge on any atom is 0.174 e. The van der Waals surface area contributed by atoms with Crippen LogP contribution in [0.25, 0.3) is 0 Å². The summed E-state index contributed by atoms with van der Waals surface area (Å²) in [4.78, 5) is 0. The van der Waals surface area contributed by atoms with Crippen LogP contribution in [-0.4, -0.2) is 20.3 Å². The van der Waals surface area contributed by atoms with Gasteiger partial charge >= 0.3 is 56.4 Å². The van der Waals surface area contributed by atoms with Gasteiger partial charge in [-0.15, -0.1) is 0 Å². The number of hydrogen-bond acceptors (Lipinski definition) is 0. The van der Waals surface area contributed by atoms with Crippen LogP contribution in [0.4, 0.5) is 0 Å². The van der Waals surface area contributed by atoms with Crippen LogP contribution in [0.3, 0.4) is 0 Å². The molecular formula is C74H80P4Ru2. The smallest absolute Gasteiger partial charge is 0.0620 e. The summed E-state index contributed by atoms with van der Waals surface area (Å²) in [6.45, 7) is 22.0. The summed E-state index contributed by atoms with van der Waals surface area (Å²) in [5, 5.41) is 12.0. The fourth-order valence-electron chi connectivity index (χ4n) is 9.82. The van der Waals surface area contributed by atoms with Gasteiger partial charge in [0.05, 0.1) is 0 Å². The van der Waals surface area contributed by atoms with Gasteiger partial charge in [0.1, 0.15) is 74.1 Å². The van der Waals surface area contributed by atoms with Crippen molar-refractivity contribution in [2.24, 2.45) is 0 Å². The van der Waals surface area contributed by atoms with E-state index >= 15 is 0 Å². The van der Waals surface area contributed by atoms with E-state index in [1.54, 1.807) is 12.2 Å². The van der Waals surface area contributed by atoms with Gasteiger partial charge in [0.15, 0.2) is 11.8 Å². The van der Waals surface area contributed by atoms with Crippen LogP contribution in [0.2, 0.25) is 0 Å². The largest absolute Gasteiger partial charge is 0.174 e. The first kappa shape index (κ1) is 63.9. The monoisotopic (exact) mass is 1300 g/mol. The van der Waals surface area contributed by atoms with Crippen LogP contribution >= 0.6 is 31.7 Å². The molecule has 0 aliphatic carbocycles. The molecule has 0 fully saturated rings. The molecule has 10 aromatic rings. The van der Waals surface area contributed by atoms with Crippen LogP contribution in [0, 0.1) is 69.2 Å². The molecule has 0 aliphatic rings. The molecule has 0 bridgehead atoms. The molecule has 0 saturated carbocycles. The molecule has 10 aromatic carbocycles. The molecule has 412 valence electrons. The van der Waals surface area contributed by atoms with E-state index in [4.69, 9.17) is 0 Å². The van der Waals surface area contributed by atoms with Crippen LogP contribution in [0.5, 0.6) is 0 Å². The Kier molecular flexibility index (Phi) is 27.3. The summed E-state index contributed by atoms with van der Waals surface area (Å²) in [7, 11) is -3.39. The molecule has 0 aromatic heterocycles. The van der Waals surface area contributed by atoms with Crippen molar-refractivity contribution in [1.29, 1.82) is 0 Å². The van der Waals surface area contributed by atoms with Gasteiger partial charge in [-0.1, -0.05) is 180 Å². The number of benzene rings is 8. The van der Waals surface area contributed by atoms with Crippen molar-refractivity contribution in [2.75, 3.05) is 11.8 Å². The molecule has 6 heteroatoms. The minimum Gasteiger partial charge on any atom is -0.0620 e. The van der Waals surface area contributed by atoms with Crippen LogP contribution in [-0.2, 0) is 35.7 Å². The summed E-state index contributed by atoms with van der Waals surface area (Å²) in [6, 6.07) is 88.9. The average molecular weight is 1300 g/mol. The second kappa shape index (κ2) is 34.2. The zero-order valence-corrected chi connectivity index (χ0v) is 55.8. The number of allylic oxidation sites excluding steroid dienone is 2. The first-order valence-corrected chi connectivity index (χ1v) is 36.0. The Morgan fingerprint density at radius 2 is 0.438 bits per heavy atom. The van der Waals surface area contributed by atoms with E-state index in [-0.39, 0.29) is 0 Å². The molecule has 0 heterocycles. The predicted molar refractivity (Wildman–Crippen MR) is 362 cm³/mol. The van der Waals surface area contributed by atoms with Gasteiger partial charge in [0.25, 0.3) is 0 Å². The van der Waals surface area contributed by atoms with Crippen molar-refractivity contribution >= 4 is 82.7 Å².